The van der Waals surface area contributed by atoms with Gasteiger partial charge in [-0.15, -0.1) is 35.6 Å². The fraction of sp³-hybridized carbons (Fsp3) is 1.00. The van der Waals surface area contributed by atoms with E-state index >= 15 is 0 Å². The molecule has 1 unspecified atom stereocenters. The van der Waals surface area contributed by atoms with Crippen LogP contribution in [0.1, 0.15) is 0 Å². The van der Waals surface area contributed by atoms with Crippen molar-refractivity contribution in [1.29, 1.82) is 0 Å². The predicted octanol–water partition coefficient (Wildman–Crippen LogP) is 1.14. The van der Waals surface area contributed by atoms with Crippen molar-refractivity contribution >= 4 is 45.7 Å². The van der Waals surface area contributed by atoms with E-state index in [-0.39, 0.29) is 18.3 Å². The molecule has 0 radical (unpaired) electrons. The maximum Gasteiger partial charge on any atom is 0.266 e. The van der Waals surface area contributed by atoms with Crippen LogP contribution in [0.4, 0.5) is 0 Å². The summed E-state index contributed by atoms with van der Waals surface area (Å²) in [6.45, 7) is 0. The van der Waals surface area contributed by atoms with Gasteiger partial charge in [0.2, 0.25) is 0 Å². The molecule has 3 nitrogen and oxygen atoms in total. The third kappa shape index (κ3) is 8.78. The Hall–Kier alpha value is 0.780. The lowest BCUT2D eigenvalue weighted by molar-refractivity contribution is 0.482. The fourth-order valence-electron chi connectivity index (χ4n) is 0.273. The van der Waals surface area contributed by atoms with Gasteiger partial charge in [-0.3, -0.25) is 4.55 Å². The molecule has 0 heterocycles. The van der Waals surface area contributed by atoms with E-state index in [1.807, 2.05) is 0 Å². The Morgan fingerprint density at radius 2 is 1.90 bits per heavy atom. The largest absolute Gasteiger partial charge is 0.286 e. The van der Waals surface area contributed by atoms with Gasteiger partial charge < -0.3 is 0 Å². The van der Waals surface area contributed by atoms with E-state index in [0.717, 1.165) is 0 Å². The van der Waals surface area contributed by atoms with Crippen LogP contribution in [0.2, 0.25) is 0 Å². The molecular formula is C3H7Cl3O3S. The molecule has 7 heteroatoms. The van der Waals surface area contributed by atoms with Crippen LogP contribution in [0.5, 0.6) is 0 Å². The van der Waals surface area contributed by atoms with Crippen molar-refractivity contribution in [2.45, 2.75) is 5.38 Å². The van der Waals surface area contributed by atoms with Gasteiger partial charge in [0, 0.05) is 5.88 Å². The van der Waals surface area contributed by atoms with Crippen LogP contribution in [0.25, 0.3) is 0 Å². The molecule has 0 amide bonds. The van der Waals surface area contributed by atoms with Gasteiger partial charge in [-0.05, 0) is 0 Å². The van der Waals surface area contributed by atoms with Crippen LogP contribution in [-0.4, -0.2) is 30.0 Å². The van der Waals surface area contributed by atoms with E-state index in [4.69, 9.17) is 27.8 Å². The molecule has 0 rings (SSSR count). The summed E-state index contributed by atoms with van der Waals surface area (Å²) in [7, 11) is -3.95. The summed E-state index contributed by atoms with van der Waals surface area (Å²) in [4.78, 5) is 0. The summed E-state index contributed by atoms with van der Waals surface area (Å²) in [5.41, 5.74) is 0. The van der Waals surface area contributed by atoms with Crippen molar-refractivity contribution in [2.24, 2.45) is 0 Å². The van der Waals surface area contributed by atoms with E-state index in [9.17, 15) is 8.42 Å². The minimum Gasteiger partial charge on any atom is -0.286 e. The van der Waals surface area contributed by atoms with Crippen molar-refractivity contribution in [3.63, 3.8) is 0 Å². The second kappa shape index (κ2) is 5.43. The first-order valence-corrected chi connectivity index (χ1v) is 4.69. The van der Waals surface area contributed by atoms with Gasteiger partial charge in [-0.2, -0.15) is 8.42 Å². The van der Waals surface area contributed by atoms with Gasteiger partial charge in [0.25, 0.3) is 10.1 Å². The minimum absolute atomic E-state index is 0. The quantitative estimate of drug-likeness (QED) is 0.583. The maximum absolute atomic E-state index is 10.0. The Morgan fingerprint density at radius 3 is 2.00 bits per heavy atom. The van der Waals surface area contributed by atoms with Crippen LogP contribution >= 0.6 is 35.6 Å². The topological polar surface area (TPSA) is 54.4 Å². The third-order valence-corrected chi connectivity index (χ3v) is 2.40. The van der Waals surface area contributed by atoms with Gasteiger partial charge >= 0.3 is 0 Å². The summed E-state index contributed by atoms with van der Waals surface area (Å²) in [5, 5.41) is -0.707. The van der Waals surface area contributed by atoms with E-state index in [0.29, 0.717) is 0 Å². The van der Waals surface area contributed by atoms with Crippen molar-refractivity contribution in [3.05, 3.63) is 0 Å². The second-order valence-electron chi connectivity index (χ2n) is 1.50. The lowest BCUT2D eigenvalue weighted by Gasteiger charge is -1.99. The summed E-state index contributed by atoms with van der Waals surface area (Å²) in [6.07, 6.45) is 0. The highest BCUT2D eigenvalue weighted by molar-refractivity contribution is 7.85. The molecule has 0 aliphatic heterocycles. The first-order chi connectivity index (χ1) is 3.95. The molecule has 0 fully saturated rings. The molecule has 0 aromatic heterocycles. The van der Waals surface area contributed by atoms with Gasteiger partial charge in [0.05, 0.1) is 11.1 Å². The highest BCUT2D eigenvalue weighted by atomic mass is 35.5. The average Bonchev–Trinajstić information content (AvgIpc) is 1.62. The van der Waals surface area contributed by atoms with Crippen molar-refractivity contribution in [1.82, 2.24) is 0 Å². The Labute approximate surface area is 75.9 Å². The molecular weight excluding hydrogens is 222 g/mol. The Kier molecular flexibility index (Phi) is 7.27. The predicted molar refractivity (Wildman–Crippen MR) is 44.0 cm³/mol. The molecule has 0 aromatic carbocycles. The molecule has 0 spiro atoms. The van der Waals surface area contributed by atoms with Gasteiger partial charge in [0.1, 0.15) is 0 Å². The number of hydrogen-bond donors (Lipinski definition) is 1. The molecule has 0 bridgehead atoms. The van der Waals surface area contributed by atoms with Crippen LogP contribution in [0, 0.1) is 0 Å². The summed E-state index contributed by atoms with van der Waals surface area (Å²) in [5.74, 6) is -0.473. The Morgan fingerprint density at radius 1 is 1.50 bits per heavy atom. The van der Waals surface area contributed by atoms with Gasteiger partial charge in [0.15, 0.2) is 0 Å². The molecule has 1 N–H and O–H groups in total. The van der Waals surface area contributed by atoms with E-state index in [2.05, 4.69) is 0 Å². The van der Waals surface area contributed by atoms with Crippen molar-refractivity contribution in [3.8, 4) is 0 Å². The number of alkyl halides is 2. The summed E-state index contributed by atoms with van der Waals surface area (Å²) in [6, 6.07) is 0. The molecule has 1 atom stereocenters. The highest BCUT2D eigenvalue weighted by Crippen LogP contribution is 2.01. The lowest BCUT2D eigenvalue weighted by Crippen LogP contribution is -2.16. The van der Waals surface area contributed by atoms with Crippen LogP contribution in [-0.2, 0) is 10.1 Å². The van der Waals surface area contributed by atoms with E-state index in [1.54, 1.807) is 0 Å². The zero-order chi connectivity index (χ0) is 7.49. The normalized spacial score (nSPS) is 13.9. The second-order valence-corrected chi connectivity index (χ2v) is 3.92. The van der Waals surface area contributed by atoms with Crippen LogP contribution in [0.15, 0.2) is 0 Å². The molecule has 0 aliphatic carbocycles. The Balaban J connectivity index is 0. The highest BCUT2D eigenvalue weighted by Gasteiger charge is 2.12. The lowest BCUT2D eigenvalue weighted by atomic mass is 10.6. The third-order valence-electron chi connectivity index (χ3n) is 0.559. The SMILES string of the molecule is Cl.O=S(=O)(O)CC(Cl)CCl. The van der Waals surface area contributed by atoms with Crippen molar-refractivity contribution in [2.75, 3.05) is 11.6 Å². The zero-order valence-electron chi connectivity index (χ0n) is 4.83. The molecule has 10 heavy (non-hydrogen) atoms. The molecule has 0 aromatic rings. The summed E-state index contributed by atoms with van der Waals surface area (Å²) >= 11 is 10.4. The zero-order valence-corrected chi connectivity index (χ0v) is 7.97. The maximum atomic E-state index is 10.0. The standard InChI is InChI=1S/C3H6Cl2O3S.ClH/c4-1-3(5)2-9(6,7)8;/h3H,1-2H2,(H,6,7,8);1H. The number of hydrogen-bond acceptors (Lipinski definition) is 2. The smallest absolute Gasteiger partial charge is 0.266 e. The first kappa shape index (κ1) is 13.4. The molecule has 64 valence electrons. The monoisotopic (exact) mass is 228 g/mol. The first-order valence-electron chi connectivity index (χ1n) is 2.11. The number of halogens is 3. The van der Waals surface area contributed by atoms with Crippen molar-refractivity contribution < 1.29 is 13.0 Å². The van der Waals surface area contributed by atoms with E-state index in [1.165, 1.54) is 0 Å². The Bertz CT molecular complexity index is 166. The van der Waals surface area contributed by atoms with Gasteiger partial charge in [-0.25, -0.2) is 0 Å². The molecule has 0 saturated carbocycles. The van der Waals surface area contributed by atoms with E-state index < -0.39 is 21.2 Å². The summed E-state index contributed by atoms with van der Waals surface area (Å²) < 4.78 is 28.2. The molecule has 0 saturated heterocycles. The average molecular weight is 230 g/mol. The van der Waals surface area contributed by atoms with Gasteiger partial charge in [-0.1, -0.05) is 0 Å². The number of rotatable bonds is 3. The van der Waals surface area contributed by atoms with Crippen LogP contribution < -0.4 is 0 Å². The minimum atomic E-state index is -3.95. The van der Waals surface area contributed by atoms with Crippen LogP contribution in [0.3, 0.4) is 0 Å². The fourth-order valence-corrected chi connectivity index (χ4v) is 1.56. The molecule has 0 aliphatic rings.